The molecule has 7 heteroatoms. The largest absolute Gasteiger partial charge is 0.497 e. The highest BCUT2D eigenvalue weighted by molar-refractivity contribution is 6.11. The molecule has 2 aliphatic rings. The number of primary amides is 1. The fourth-order valence-corrected chi connectivity index (χ4v) is 5.81. The fraction of sp³-hybridized carbons (Fsp3) is 0.219. The number of rotatable bonds is 5. The van der Waals surface area contributed by atoms with Crippen molar-refractivity contribution in [3.63, 3.8) is 0 Å². The van der Waals surface area contributed by atoms with E-state index in [9.17, 15) is 14.7 Å². The van der Waals surface area contributed by atoms with E-state index in [0.717, 1.165) is 55.8 Å². The molecule has 1 aliphatic heterocycles. The summed E-state index contributed by atoms with van der Waals surface area (Å²) in [4.78, 5) is 32.1. The number of nitrogens with two attached hydrogens (primary N) is 1. The summed E-state index contributed by atoms with van der Waals surface area (Å²) in [6.07, 6.45) is 2.20. The van der Waals surface area contributed by atoms with Gasteiger partial charge in [-0.3, -0.25) is 14.6 Å². The summed E-state index contributed by atoms with van der Waals surface area (Å²) in [5.74, 6) is 0.00716. The summed E-state index contributed by atoms with van der Waals surface area (Å²) in [5.41, 5.74) is 14.6. The summed E-state index contributed by atoms with van der Waals surface area (Å²) in [7, 11) is 1.59. The summed E-state index contributed by atoms with van der Waals surface area (Å²) in [6, 6.07) is 17.4. The van der Waals surface area contributed by atoms with Crippen LogP contribution in [0.15, 0.2) is 60.8 Å². The number of nitrogens with zero attached hydrogens (tertiary/aromatic N) is 2. The number of carbonyl (C=O) groups excluding carboxylic acids is 2. The number of ether oxygens (including phenoxy) is 1. The second-order valence-electron chi connectivity index (χ2n) is 10.7. The Labute approximate surface area is 226 Å². The van der Waals surface area contributed by atoms with Crippen LogP contribution >= 0.6 is 0 Å². The van der Waals surface area contributed by atoms with Crippen molar-refractivity contribution in [1.29, 1.82) is 0 Å². The van der Waals surface area contributed by atoms with Crippen molar-refractivity contribution in [2.24, 2.45) is 5.73 Å². The lowest BCUT2D eigenvalue weighted by atomic mass is 9.90. The van der Waals surface area contributed by atoms with Gasteiger partial charge < -0.3 is 20.5 Å². The van der Waals surface area contributed by atoms with Crippen LogP contribution in [-0.2, 0) is 18.6 Å². The molecule has 0 radical (unpaired) electrons. The average Bonchev–Trinajstić information content (AvgIpc) is 3.45. The third-order valence-electron chi connectivity index (χ3n) is 7.87. The first-order valence-corrected chi connectivity index (χ1v) is 12.8. The van der Waals surface area contributed by atoms with Crippen LogP contribution in [0.25, 0.3) is 22.3 Å². The number of anilines is 1. The van der Waals surface area contributed by atoms with E-state index in [1.165, 1.54) is 0 Å². The number of pyridine rings is 1. The molecule has 3 aromatic carbocycles. The zero-order valence-corrected chi connectivity index (χ0v) is 22.3. The van der Waals surface area contributed by atoms with Crippen molar-refractivity contribution in [2.45, 2.75) is 39.3 Å². The maximum absolute atomic E-state index is 13.4. The Morgan fingerprint density at radius 1 is 1.03 bits per heavy atom. The van der Waals surface area contributed by atoms with Gasteiger partial charge in [0, 0.05) is 29.4 Å². The zero-order valence-electron chi connectivity index (χ0n) is 22.3. The van der Waals surface area contributed by atoms with Gasteiger partial charge in [0.05, 0.1) is 19.3 Å². The van der Waals surface area contributed by atoms with Crippen molar-refractivity contribution in [3.05, 3.63) is 99.9 Å². The molecular formula is C32H29N3O4. The molecule has 7 nitrogen and oxygen atoms in total. The lowest BCUT2D eigenvalue weighted by Gasteiger charge is -2.22. The van der Waals surface area contributed by atoms with E-state index in [-0.39, 0.29) is 11.6 Å². The summed E-state index contributed by atoms with van der Waals surface area (Å²) >= 11 is 0. The Morgan fingerprint density at radius 3 is 2.54 bits per heavy atom. The van der Waals surface area contributed by atoms with Crippen molar-refractivity contribution in [2.75, 3.05) is 12.0 Å². The summed E-state index contributed by atoms with van der Waals surface area (Å²) in [6.45, 7) is 5.98. The molecule has 0 unspecified atom stereocenters. The highest BCUT2D eigenvalue weighted by Gasteiger charge is 2.32. The molecule has 0 saturated carbocycles. The lowest BCUT2D eigenvalue weighted by Crippen LogP contribution is -2.24. The number of aliphatic hydroxyl groups is 1. The fourth-order valence-electron chi connectivity index (χ4n) is 5.81. The Kier molecular flexibility index (Phi) is 5.59. The van der Waals surface area contributed by atoms with Crippen LogP contribution in [0.2, 0.25) is 0 Å². The van der Waals surface area contributed by atoms with E-state index < -0.39 is 11.5 Å². The minimum absolute atomic E-state index is 0.0685. The number of methoxy groups -OCH3 is 1. The standard InChI is InChI=1S/C32H29N3O4/c1-17-22(6-5-7-27(17)35-16-18-8-10-21(39-4)14-24(18)31(35)37)26-15-34-29(30(33)36)25-13-19-12-20(32(2,3)38)9-11-23(19)28(25)26/h5-12,14-15,38H,13,16H2,1-4H3,(H2,33,36). The molecule has 39 heavy (non-hydrogen) atoms. The van der Waals surface area contributed by atoms with Gasteiger partial charge in [-0.1, -0.05) is 36.4 Å². The van der Waals surface area contributed by atoms with Gasteiger partial charge in [0.2, 0.25) is 0 Å². The molecule has 2 heterocycles. The van der Waals surface area contributed by atoms with Crippen molar-refractivity contribution in [1.82, 2.24) is 4.98 Å². The van der Waals surface area contributed by atoms with Gasteiger partial charge in [0.1, 0.15) is 11.4 Å². The van der Waals surface area contributed by atoms with Crippen LogP contribution in [0.5, 0.6) is 5.75 Å². The molecule has 0 spiro atoms. The Bertz CT molecular complexity index is 1700. The Hall–Kier alpha value is -4.49. The quantitative estimate of drug-likeness (QED) is 0.335. The monoisotopic (exact) mass is 519 g/mol. The van der Waals surface area contributed by atoms with Gasteiger partial charge in [0.15, 0.2) is 0 Å². The summed E-state index contributed by atoms with van der Waals surface area (Å²) < 4.78 is 5.33. The third-order valence-corrected chi connectivity index (χ3v) is 7.87. The SMILES string of the molecule is COc1ccc2c(c1)C(=O)N(c1cccc(-c3cnc(C(N)=O)c4c3-c3ccc(C(C)(C)O)cc3C4)c1C)C2. The second-order valence-corrected chi connectivity index (χ2v) is 10.7. The number of carbonyl (C=O) groups is 2. The van der Waals surface area contributed by atoms with E-state index in [4.69, 9.17) is 10.5 Å². The molecule has 1 aromatic heterocycles. The maximum Gasteiger partial charge on any atom is 0.267 e. The van der Waals surface area contributed by atoms with Crippen LogP contribution in [-0.4, -0.2) is 29.0 Å². The molecule has 0 atom stereocenters. The number of aromatic nitrogens is 1. The lowest BCUT2D eigenvalue weighted by molar-refractivity contribution is 0.0785. The maximum atomic E-state index is 13.4. The average molecular weight is 520 g/mol. The van der Waals surface area contributed by atoms with E-state index in [0.29, 0.717) is 24.3 Å². The predicted octanol–water partition coefficient (Wildman–Crippen LogP) is 5.12. The minimum atomic E-state index is -0.994. The van der Waals surface area contributed by atoms with Crippen LogP contribution in [0.3, 0.4) is 0 Å². The number of fused-ring (bicyclic) bond motifs is 4. The van der Waals surface area contributed by atoms with Gasteiger partial charge in [-0.05, 0) is 83.5 Å². The first-order valence-electron chi connectivity index (χ1n) is 12.8. The third kappa shape index (κ3) is 3.89. The van der Waals surface area contributed by atoms with E-state index in [2.05, 4.69) is 4.98 Å². The normalized spacial score (nSPS) is 13.8. The van der Waals surface area contributed by atoms with Crippen LogP contribution in [0, 0.1) is 6.92 Å². The Balaban J connectivity index is 1.49. The molecule has 3 N–H and O–H groups in total. The van der Waals surface area contributed by atoms with Crippen molar-refractivity contribution < 1.29 is 19.4 Å². The highest BCUT2D eigenvalue weighted by atomic mass is 16.5. The van der Waals surface area contributed by atoms with E-state index in [1.807, 2.05) is 55.5 Å². The number of hydrogen-bond donors (Lipinski definition) is 2. The minimum Gasteiger partial charge on any atom is -0.497 e. The molecular weight excluding hydrogens is 490 g/mol. The number of benzene rings is 3. The van der Waals surface area contributed by atoms with E-state index >= 15 is 0 Å². The van der Waals surface area contributed by atoms with Gasteiger partial charge in [-0.2, -0.15) is 0 Å². The molecule has 4 aromatic rings. The van der Waals surface area contributed by atoms with Crippen LogP contribution in [0.4, 0.5) is 5.69 Å². The van der Waals surface area contributed by atoms with E-state index in [1.54, 1.807) is 38.1 Å². The van der Waals surface area contributed by atoms with Gasteiger partial charge >= 0.3 is 0 Å². The van der Waals surface area contributed by atoms with Gasteiger partial charge in [0.25, 0.3) is 11.8 Å². The topological polar surface area (TPSA) is 106 Å². The van der Waals surface area contributed by atoms with Crippen LogP contribution < -0.4 is 15.4 Å². The molecule has 0 saturated heterocycles. The number of hydrogen-bond acceptors (Lipinski definition) is 5. The van der Waals surface area contributed by atoms with Crippen LogP contribution in [0.1, 0.15) is 62.5 Å². The van der Waals surface area contributed by atoms with Gasteiger partial charge in [-0.15, -0.1) is 0 Å². The van der Waals surface area contributed by atoms with Gasteiger partial charge in [-0.25, -0.2) is 0 Å². The van der Waals surface area contributed by atoms with Crippen molar-refractivity contribution in [3.8, 4) is 28.0 Å². The second kappa shape index (κ2) is 8.78. The predicted molar refractivity (Wildman–Crippen MR) is 150 cm³/mol. The molecule has 2 amide bonds. The first-order chi connectivity index (χ1) is 18.6. The van der Waals surface area contributed by atoms with Crippen molar-refractivity contribution >= 4 is 17.5 Å². The molecule has 0 bridgehead atoms. The smallest absolute Gasteiger partial charge is 0.267 e. The molecule has 0 fully saturated rings. The Morgan fingerprint density at radius 2 is 1.82 bits per heavy atom. The molecule has 1 aliphatic carbocycles. The number of amides is 2. The molecule has 196 valence electrons. The first kappa shape index (κ1) is 24.8. The summed E-state index contributed by atoms with van der Waals surface area (Å²) in [5, 5.41) is 10.6. The zero-order chi connectivity index (χ0) is 27.6. The molecule has 6 rings (SSSR count). The highest BCUT2D eigenvalue weighted by Crippen LogP contribution is 2.46.